The molecule has 2 aromatic heterocycles. The number of nitrogens with zero attached hydrogens (tertiary/aromatic N) is 4. The monoisotopic (exact) mass is 703 g/mol. The Hall–Kier alpha value is -4.51. The van der Waals surface area contributed by atoms with Crippen molar-refractivity contribution < 1.29 is 9.14 Å². The van der Waals surface area contributed by atoms with Crippen molar-refractivity contribution in [2.24, 2.45) is 5.92 Å². The third-order valence-corrected chi connectivity index (χ3v) is 13.7. The van der Waals surface area contributed by atoms with Crippen LogP contribution in [0.2, 0.25) is 0 Å². The molecule has 1 spiro atoms. The zero-order chi connectivity index (χ0) is 37.7. The van der Waals surface area contributed by atoms with Crippen LogP contribution < -0.4 is 4.57 Å². The van der Waals surface area contributed by atoms with Crippen LogP contribution in [0.15, 0.2) is 78.8 Å². The molecule has 272 valence electrons. The fourth-order valence-corrected chi connectivity index (χ4v) is 11.2. The minimum atomic E-state index is -0.399. The first-order valence-corrected chi connectivity index (χ1v) is 20.0. The molecule has 0 amide bonds. The van der Waals surface area contributed by atoms with Crippen molar-refractivity contribution in [3.8, 4) is 11.3 Å². The number of rotatable bonds is 4. The maximum absolute atomic E-state index is 5.40. The van der Waals surface area contributed by atoms with Gasteiger partial charge in [0.15, 0.2) is 6.21 Å². The maximum Gasteiger partial charge on any atom is 0.297 e. The predicted octanol–water partition coefficient (Wildman–Crippen LogP) is 10.8. The van der Waals surface area contributed by atoms with Crippen LogP contribution in [0.1, 0.15) is 113 Å². The van der Waals surface area contributed by atoms with Crippen molar-refractivity contribution in [2.45, 2.75) is 130 Å². The highest BCUT2D eigenvalue weighted by Crippen LogP contribution is 2.76. The zero-order valence-corrected chi connectivity index (χ0v) is 34.1. The van der Waals surface area contributed by atoms with Gasteiger partial charge < -0.3 is 9.88 Å². The van der Waals surface area contributed by atoms with E-state index in [0.717, 1.165) is 5.65 Å². The summed E-state index contributed by atoms with van der Waals surface area (Å²) in [6.07, 6.45) is 7.20. The second-order valence-corrected chi connectivity index (χ2v) is 18.8. The molecule has 5 heteroatoms. The molecule has 1 N–H and O–H groups in total. The molecule has 0 saturated heterocycles. The Bertz CT molecular complexity index is 2610. The number of H-pyrrole nitrogens is 1. The van der Waals surface area contributed by atoms with Crippen molar-refractivity contribution in [1.29, 1.82) is 0 Å². The molecule has 53 heavy (non-hydrogen) atoms. The molecule has 4 heterocycles. The number of aromatic amines is 1. The molecule has 3 aliphatic rings. The Kier molecular flexibility index (Phi) is 6.98. The van der Waals surface area contributed by atoms with Gasteiger partial charge in [0, 0.05) is 28.8 Å². The Balaban J connectivity index is 1.55. The molecule has 9 rings (SSSR count). The first-order valence-electron chi connectivity index (χ1n) is 20.0. The van der Waals surface area contributed by atoms with Gasteiger partial charge in [0.05, 0.1) is 5.52 Å². The van der Waals surface area contributed by atoms with E-state index < -0.39 is 5.66 Å². The van der Waals surface area contributed by atoms with E-state index >= 15 is 0 Å². The molecular weight excluding hydrogens is 647 g/mol. The van der Waals surface area contributed by atoms with E-state index in [2.05, 4.69) is 188 Å². The highest BCUT2D eigenvalue weighted by molar-refractivity contribution is 6.24. The fourth-order valence-electron chi connectivity index (χ4n) is 11.2. The lowest BCUT2D eigenvalue weighted by Crippen LogP contribution is -2.63. The first kappa shape index (κ1) is 34.3. The third-order valence-electron chi connectivity index (χ3n) is 13.7. The molecule has 0 bridgehead atoms. The number of allylic oxidation sites excluding steroid dienone is 1. The van der Waals surface area contributed by atoms with Crippen molar-refractivity contribution in [1.82, 2.24) is 14.9 Å². The van der Waals surface area contributed by atoms with E-state index in [1.165, 1.54) is 71.4 Å². The van der Waals surface area contributed by atoms with Crippen LogP contribution in [0.5, 0.6) is 0 Å². The molecule has 4 aromatic carbocycles. The highest BCUT2D eigenvalue weighted by Gasteiger charge is 3.00. The van der Waals surface area contributed by atoms with Gasteiger partial charge in [-0.3, -0.25) is 0 Å². The number of fused-ring (bicyclic) bond motifs is 16. The van der Waals surface area contributed by atoms with E-state index in [4.69, 9.17) is 4.98 Å². The van der Waals surface area contributed by atoms with Crippen LogP contribution in [-0.4, -0.2) is 43.4 Å². The minimum Gasteiger partial charge on any atom is -0.318 e. The largest absolute Gasteiger partial charge is 0.318 e. The molecule has 3 unspecified atom stereocenters. The number of benzene rings is 4. The standard InChI is InChI=1S/C48H56N5/c1-27(2)32-24-51(29(5)6)48(52(25-32)30(7)8)46(12)41-35-21-17-16-20-34(35)38(45(9,10)11)23-37(41)43-40-39-33-19-15-14-18-31(33)22-36(28(3)4)42(39)50-44(40)49-26-53(43)47(46,48)13/h14-30H,1-13H3/q+1/p+1. The molecule has 3 atom stereocenters. The van der Waals surface area contributed by atoms with Crippen LogP contribution in [-0.2, 0) is 16.4 Å². The summed E-state index contributed by atoms with van der Waals surface area (Å²) in [5.41, 5.74) is 9.20. The maximum atomic E-state index is 5.40. The summed E-state index contributed by atoms with van der Waals surface area (Å²) in [5.74, 6) is 0.767. The summed E-state index contributed by atoms with van der Waals surface area (Å²) in [6.45, 7) is 31.0. The lowest BCUT2D eigenvalue weighted by atomic mass is 9.74. The quantitative estimate of drug-likeness (QED) is 0.186. The lowest BCUT2D eigenvalue weighted by molar-refractivity contribution is -0.771. The van der Waals surface area contributed by atoms with E-state index in [0.29, 0.717) is 11.8 Å². The summed E-state index contributed by atoms with van der Waals surface area (Å²) in [7, 11) is 0. The van der Waals surface area contributed by atoms with E-state index in [9.17, 15) is 0 Å². The van der Waals surface area contributed by atoms with Gasteiger partial charge in [0.2, 0.25) is 5.54 Å². The highest BCUT2D eigenvalue weighted by atomic mass is 15.5. The van der Waals surface area contributed by atoms with Crippen molar-refractivity contribution in [2.75, 3.05) is 0 Å². The Morgan fingerprint density at radius 2 is 1.45 bits per heavy atom. The van der Waals surface area contributed by atoms with Gasteiger partial charge in [0.1, 0.15) is 22.5 Å². The molecule has 2 aliphatic heterocycles. The van der Waals surface area contributed by atoms with Gasteiger partial charge in [-0.15, -0.1) is 0 Å². The molecule has 1 fully saturated rings. The fraction of sp³-hybridized carbons (Fsp3) is 0.438. The third kappa shape index (κ3) is 3.96. The molecular formula is C48H57N5+2. The van der Waals surface area contributed by atoms with E-state index in [1.807, 2.05) is 0 Å². The molecule has 5 nitrogen and oxygen atoms in total. The summed E-state index contributed by atoms with van der Waals surface area (Å²) in [6, 6.07) is 23.7. The van der Waals surface area contributed by atoms with Gasteiger partial charge in [-0.1, -0.05) is 97.0 Å². The van der Waals surface area contributed by atoms with E-state index in [-0.39, 0.29) is 28.5 Å². The second kappa shape index (κ2) is 10.8. The van der Waals surface area contributed by atoms with Gasteiger partial charge in [-0.05, 0) is 114 Å². The summed E-state index contributed by atoms with van der Waals surface area (Å²) in [5, 5.41) is 7.81. The zero-order valence-electron chi connectivity index (χ0n) is 34.1. The van der Waals surface area contributed by atoms with Crippen LogP contribution in [0.4, 0.5) is 0 Å². The lowest BCUT2D eigenvalue weighted by Gasteiger charge is -2.39. The average Bonchev–Trinajstić information content (AvgIpc) is 3.34. The molecule has 6 aromatic rings. The normalized spacial score (nSPS) is 23.9. The van der Waals surface area contributed by atoms with Crippen LogP contribution in [0, 0.1) is 5.92 Å². The first-order chi connectivity index (χ1) is 25.0. The van der Waals surface area contributed by atoms with Gasteiger partial charge >= 0.3 is 0 Å². The smallest absolute Gasteiger partial charge is 0.297 e. The van der Waals surface area contributed by atoms with Crippen LogP contribution in [0.3, 0.4) is 0 Å². The van der Waals surface area contributed by atoms with Gasteiger partial charge in [0.25, 0.3) is 17.6 Å². The Morgan fingerprint density at radius 1 is 0.792 bits per heavy atom. The number of aromatic nitrogens is 3. The van der Waals surface area contributed by atoms with Crippen molar-refractivity contribution >= 4 is 49.7 Å². The molecule has 1 aliphatic carbocycles. The van der Waals surface area contributed by atoms with Gasteiger partial charge in [-0.2, -0.15) is 0 Å². The summed E-state index contributed by atoms with van der Waals surface area (Å²) in [4.78, 5) is 12.1. The number of hydrogen-bond donors (Lipinski definition) is 1. The van der Waals surface area contributed by atoms with Crippen LogP contribution >= 0.6 is 0 Å². The summed E-state index contributed by atoms with van der Waals surface area (Å²) < 4.78 is 5.38. The number of nitrogens with one attached hydrogen (secondary N) is 1. The van der Waals surface area contributed by atoms with Crippen molar-refractivity contribution in [3.63, 3.8) is 0 Å². The number of hydrogen-bond acceptors (Lipinski definition) is 2. The predicted molar refractivity (Wildman–Crippen MR) is 222 cm³/mol. The second-order valence-electron chi connectivity index (χ2n) is 18.8. The topological polar surface area (TPSA) is 38.8 Å². The SMILES string of the molecule is CC(C)C1=CN(C(C)C)C2([N+](C(C)C)=C1)C1(C)c3c(cc(C(C)(C)C)c4ccccc34)-c3c4c(nc[n+]3C12C)[nH]c1c(C(C)C)cc2ccccc2c14. The minimum absolute atomic E-state index is 0.0618. The van der Waals surface area contributed by atoms with Crippen molar-refractivity contribution in [3.05, 3.63) is 95.5 Å². The van der Waals surface area contributed by atoms with E-state index in [1.54, 1.807) is 0 Å². The summed E-state index contributed by atoms with van der Waals surface area (Å²) >= 11 is 0. The van der Waals surface area contributed by atoms with Gasteiger partial charge in [-0.25, -0.2) is 9.14 Å². The average molecular weight is 704 g/mol. The van der Waals surface area contributed by atoms with Crippen LogP contribution in [0.25, 0.3) is 54.7 Å². The Labute approximate surface area is 315 Å². The molecule has 1 saturated carbocycles. The molecule has 0 radical (unpaired) electrons. The Morgan fingerprint density at radius 3 is 2.08 bits per heavy atom.